The summed E-state index contributed by atoms with van der Waals surface area (Å²) in [5.74, 6) is 0.291. The maximum absolute atomic E-state index is 10.8. The second-order valence-corrected chi connectivity index (χ2v) is 4.48. The van der Waals surface area contributed by atoms with E-state index in [4.69, 9.17) is 0 Å². The van der Waals surface area contributed by atoms with Crippen molar-refractivity contribution in [2.45, 2.75) is 52.4 Å². The Morgan fingerprint density at radius 3 is 1.94 bits per heavy atom. The number of hydrogen-bond donors (Lipinski definition) is 0. The lowest BCUT2D eigenvalue weighted by Gasteiger charge is -2.03. The lowest BCUT2D eigenvalue weighted by molar-refractivity contribution is -0.117. The van der Waals surface area contributed by atoms with E-state index >= 15 is 0 Å². The van der Waals surface area contributed by atoms with Gasteiger partial charge < -0.3 is 4.79 Å². The van der Waals surface area contributed by atoms with Crippen LogP contribution >= 0.6 is 0 Å². The zero-order valence-electron chi connectivity index (χ0n) is 10.5. The third kappa shape index (κ3) is 5.11. The molecule has 1 nitrogen and oxygen atoms in total. The Morgan fingerprint density at radius 1 is 1.00 bits per heavy atom. The second-order valence-electron chi connectivity index (χ2n) is 4.48. The minimum atomic E-state index is 0.291. The van der Waals surface area contributed by atoms with Crippen LogP contribution in [0, 0.1) is 0 Å². The zero-order chi connectivity index (χ0) is 11.8. The van der Waals surface area contributed by atoms with Gasteiger partial charge in [0.15, 0.2) is 0 Å². The molecule has 0 aliphatic carbocycles. The van der Waals surface area contributed by atoms with Crippen molar-refractivity contribution in [1.29, 1.82) is 0 Å². The predicted molar refractivity (Wildman–Crippen MR) is 68.7 cm³/mol. The number of hydrogen-bond acceptors (Lipinski definition) is 1. The van der Waals surface area contributed by atoms with E-state index in [-0.39, 0.29) is 0 Å². The molecule has 1 aromatic carbocycles. The highest BCUT2D eigenvalue weighted by Crippen LogP contribution is 2.10. The zero-order valence-corrected chi connectivity index (χ0v) is 10.5. The fourth-order valence-corrected chi connectivity index (χ4v) is 1.79. The van der Waals surface area contributed by atoms with Crippen LogP contribution in [0.4, 0.5) is 0 Å². The van der Waals surface area contributed by atoms with Crippen molar-refractivity contribution in [2.24, 2.45) is 0 Å². The number of carbonyl (C=O) groups is 1. The van der Waals surface area contributed by atoms with Crippen molar-refractivity contribution in [3.63, 3.8) is 0 Å². The SMILES string of the molecule is CCCCc1ccc(CCCC(C)=O)cc1. The molecule has 0 unspecified atom stereocenters. The molecule has 0 atom stereocenters. The summed E-state index contributed by atoms with van der Waals surface area (Å²) in [6.45, 7) is 3.88. The molecule has 1 rings (SSSR count). The van der Waals surface area contributed by atoms with E-state index in [0.29, 0.717) is 12.2 Å². The van der Waals surface area contributed by atoms with Gasteiger partial charge in [-0.1, -0.05) is 37.6 Å². The van der Waals surface area contributed by atoms with Gasteiger partial charge >= 0.3 is 0 Å². The Kier molecular flexibility index (Phi) is 5.84. The molecule has 0 radical (unpaired) electrons. The van der Waals surface area contributed by atoms with Crippen molar-refractivity contribution >= 4 is 5.78 Å². The van der Waals surface area contributed by atoms with Crippen molar-refractivity contribution in [3.05, 3.63) is 35.4 Å². The fraction of sp³-hybridized carbons (Fsp3) is 0.533. The van der Waals surface area contributed by atoms with E-state index in [1.165, 1.54) is 30.4 Å². The Labute approximate surface area is 98.9 Å². The maximum Gasteiger partial charge on any atom is 0.129 e. The normalized spacial score (nSPS) is 10.4. The topological polar surface area (TPSA) is 17.1 Å². The first kappa shape index (κ1) is 13.0. The lowest BCUT2D eigenvalue weighted by atomic mass is 10.0. The third-order valence-electron chi connectivity index (χ3n) is 2.84. The quantitative estimate of drug-likeness (QED) is 0.677. The van der Waals surface area contributed by atoms with Crippen LogP contribution in [0.25, 0.3) is 0 Å². The molecule has 0 saturated carbocycles. The van der Waals surface area contributed by atoms with Gasteiger partial charge in [0.25, 0.3) is 0 Å². The monoisotopic (exact) mass is 218 g/mol. The molecule has 88 valence electrons. The van der Waals surface area contributed by atoms with Crippen molar-refractivity contribution in [2.75, 3.05) is 0 Å². The van der Waals surface area contributed by atoms with Crippen molar-refractivity contribution < 1.29 is 4.79 Å². The standard InChI is InChI=1S/C15H22O/c1-3-4-7-14-9-11-15(12-10-14)8-5-6-13(2)16/h9-12H,3-8H2,1-2H3. The lowest BCUT2D eigenvalue weighted by Crippen LogP contribution is -1.93. The van der Waals surface area contributed by atoms with E-state index in [0.717, 1.165) is 12.8 Å². The molecule has 0 aliphatic heterocycles. The van der Waals surface area contributed by atoms with Crippen molar-refractivity contribution in [1.82, 2.24) is 0 Å². The van der Waals surface area contributed by atoms with Crippen LogP contribution in [-0.4, -0.2) is 5.78 Å². The average molecular weight is 218 g/mol. The van der Waals surface area contributed by atoms with Crippen LogP contribution in [-0.2, 0) is 17.6 Å². The summed E-state index contributed by atoms with van der Waals surface area (Å²) in [6.07, 6.45) is 6.41. The van der Waals surface area contributed by atoms with Gasteiger partial charge in [-0.2, -0.15) is 0 Å². The first-order valence-corrected chi connectivity index (χ1v) is 6.29. The Morgan fingerprint density at radius 2 is 1.50 bits per heavy atom. The number of rotatable bonds is 7. The second kappa shape index (κ2) is 7.21. The van der Waals surface area contributed by atoms with Gasteiger partial charge in [0.1, 0.15) is 5.78 Å². The minimum absolute atomic E-state index is 0.291. The minimum Gasteiger partial charge on any atom is -0.300 e. The van der Waals surface area contributed by atoms with E-state index < -0.39 is 0 Å². The summed E-state index contributed by atoms with van der Waals surface area (Å²) in [5.41, 5.74) is 2.78. The molecule has 1 heteroatoms. The Bertz CT molecular complexity index is 311. The van der Waals surface area contributed by atoms with Gasteiger partial charge in [0, 0.05) is 6.42 Å². The van der Waals surface area contributed by atoms with E-state index in [1.54, 1.807) is 6.92 Å². The number of Topliss-reactive ketones (excluding diaryl/α,β-unsaturated/α-hetero) is 1. The van der Waals surface area contributed by atoms with E-state index in [2.05, 4.69) is 31.2 Å². The van der Waals surface area contributed by atoms with Gasteiger partial charge in [-0.3, -0.25) is 0 Å². The molecule has 0 amide bonds. The van der Waals surface area contributed by atoms with Crippen LogP contribution in [0.15, 0.2) is 24.3 Å². The molecular weight excluding hydrogens is 196 g/mol. The molecule has 0 saturated heterocycles. The Hall–Kier alpha value is -1.11. The summed E-state index contributed by atoms with van der Waals surface area (Å²) in [5, 5.41) is 0. The summed E-state index contributed by atoms with van der Waals surface area (Å²) in [6, 6.07) is 8.84. The number of benzene rings is 1. The highest BCUT2D eigenvalue weighted by molar-refractivity contribution is 5.75. The van der Waals surface area contributed by atoms with Crippen molar-refractivity contribution in [3.8, 4) is 0 Å². The predicted octanol–water partition coefficient (Wildman–Crippen LogP) is 3.94. The van der Waals surface area contributed by atoms with Gasteiger partial charge in [-0.05, 0) is 43.7 Å². The first-order valence-electron chi connectivity index (χ1n) is 6.29. The molecule has 0 fully saturated rings. The largest absolute Gasteiger partial charge is 0.300 e. The molecule has 0 aromatic heterocycles. The van der Waals surface area contributed by atoms with Gasteiger partial charge in [0.2, 0.25) is 0 Å². The molecule has 0 heterocycles. The summed E-state index contributed by atoms with van der Waals surface area (Å²) < 4.78 is 0. The summed E-state index contributed by atoms with van der Waals surface area (Å²) >= 11 is 0. The maximum atomic E-state index is 10.8. The number of unbranched alkanes of at least 4 members (excludes halogenated alkanes) is 1. The summed E-state index contributed by atoms with van der Waals surface area (Å²) in [4.78, 5) is 10.8. The highest BCUT2D eigenvalue weighted by Gasteiger charge is 1.97. The summed E-state index contributed by atoms with van der Waals surface area (Å²) in [7, 11) is 0. The van der Waals surface area contributed by atoms with Gasteiger partial charge in [-0.25, -0.2) is 0 Å². The van der Waals surface area contributed by atoms with Crippen LogP contribution in [0.3, 0.4) is 0 Å². The molecule has 0 bridgehead atoms. The molecule has 0 N–H and O–H groups in total. The average Bonchev–Trinajstić information content (AvgIpc) is 2.27. The molecule has 0 aliphatic rings. The first-order chi connectivity index (χ1) is 7.72. The van der Waals surface area contributed by atoms with Gasteiger partial charge in [-0.15, -0.1) is 0 Å². The molecule has 16 heavy (non-hydrogen) atoms. The number of carbonyl (C=O) groups excluding carboxylic acids is 1. The number of aryl methyl sites for hydroxylation is 2. The number of ketones is 1. The molecular formula is C15H22O. The van der Waals surface area contributed by atoms with Crippen LogP contribution < -0.4 is 0 Å². The molecule has 1 aromatic rings. The van der Waals surface area contributed by atoms with Crippen LogP contribution in [0.1, 0.15) is 50.7 Å². The van der Waals surface area contributed by atoms with E-state index in [9.17, 15) is 4.79 Å². The highest BCUT2D eigenvalue weighted by atomic mass is 16.1. The van der Waals surface area contributed by atoms with Gasteiger partial charge in [0.05, 0.1) is 0 Å². The fourth-order valence-electron chi connectivity index (χ4n) is 1.79. The third-order valence-corrected chi connectivity index (χ3v) is 2.84. The Balaban J connectivity index is 2.36. The van der Waals surface area contributed by atoms with Crippen LogP contribution in [0.2, 0.25) is 0 Å². The molecule has 0 spiro atoms. The van der Waals surface area contributed by atoms with Crippen LogP contribution in [0.5, 0.6) is 0 Å². The smallest absolute Gasteiger partial charge is 0.129 e. The van der Waals surface area contributed by atoms with E-state index in [1.807, 2.05) is 0 Å².